The van der Waals surface area contributed by atoms with Crippen molar-refractivity contribution >= 4 is 6.03 Å². The largest absolute Gasteiger partial charge is 0.381 e. The minimum atomic E-state index is 0.0312. The van der Waals surface area contributed by atoms with Crippen LogP contribution in [0.15, 0.2) is 0 Å². The maximum atomic E-state index is 12.0. The minimum absolute atomic E-state index is 0.0312. The first-order valence-electron chi connectivity index (χ1n) is 7.37. The van der Waals surface area contributed by atoms with Crippen LogP contribution < -0.4 is 5.32 Å². The Bertz CT molecular complexity index is 284. The van der Waals surface area contributed by atoms with Gasteiger partial charge >= 0.3 is 6.03 Å². The number of hydrogen-bond acceptors (Lipinski definition) is 2. The highest BCUT2D eigenvalue weighted by atomic mass is 16.5. The molecule has 19 heavy (non-hydrogen) atoms. The van der Waals surface area contributed by atoms with Crippen LogP contribution in [-0.2, 0) is 4.74 Å². The molecule has 1 N–H and O–H groups in total. The van der Waals surface area contributed by atoms with Crippen molar-refractivity contribution in [1.82, 2.24) is 10.2 Å². The highest BCUT2D eigenvalue weighted by Gasteiger charge is 2.23. The van der Waals surface area contributed by atoms with Crippen molar-refractivity contribution in [3.63, 3.8) is 0 Å². The van der Waals surface area contributed by atoms with Crippen molar-refractivity contribution in [2.24, 2.45) is 17.3 Å². The number of carbonyl (C=O) groups excluding carboxylic acids is 1. The quantitative estimate of drug-likeness (QED) is 0.806. The van der Waals surface area contributed by atoms with Crippen molar-refractivity contribution < 1.29 is 9.53 Å². The molecule has 0 saturated carbocycles. The number of amides is 2. The van der Waals surface area contributed by atoms with Crippen LogP contribution in [0.2, 0.25) is 0 Å². The zero-order valence-electron chi connectivity index (χ0n) is 13.2. The van der Waals surface area contributed by atoms with Gasteiger partial charge in [0.25, 0.3) is 0 Å². The van der Waals surface area contributed by atoms with Gasteiger partial charge in [-0.3, -0.25) is 0 Å². The molecule has 1 rings (SSSR count). The molecule has 1 saturated heterocycles. The lowest BCUT2D eigenvalue weighted by molar-refractivity contribution is 0.169. The Morgan fingerprint density at radius 3 is 2.68 bits per heavy atom. The van der Waals surface area contributed by atoms with E-state index in [0.29, 0.717) is 11.8 Å². The fraction of sp³-hybridized carbons (Fsp3) is 0.933. The second-order valence-electron chi connectivity index (χ2n) is 7.03. The first-order valence-corrected chi connectivity index (χ1v) is 7.37. The average Bonchev–Trinajstić information content (AvgIpc) is 2.76. The number of urea groups is 1. The molecule has 0 unspecified atom stereocenters. The van der Waals surface area contributed by atoms with Crippen LogP contribution in [0.3, 0.4) is 0 Å². The Labute approximate surface area is 117 Å². The van der Waals surface area contributed by atoms with Gasteiger partial charge < -0.3 is 15.0 Å². The van der Waals surface area contributed by atoms with E-state index in [-0.39, 0.29) is 11.4 Å². The Balaban J connectivity index is 2.29. The van der Waals surface area contributed by atoms with Gasteiger partial charge in [-0.1, -0.05) is 27.7 Å². The third kappa shape index (κ3) is 6.28. The molecule has 4 heteroatoms. The van der Waals surface area contributed by atoms with Crippen molar-refractivity contribution in [1.29, 1.82) is 0 Å². The van der Waals surface area contributed by atoms with Gasteiger partial charge in [-0.25, -0.2) is 4.79 Å². The summed E-state index contributed by atoms with van der Waals surface area (Å²) in [5.41, 5.74) is 0.154. The van der Waals surface area contributed by atoms with Crippen LogP contribution in [0.4, 0.5) is 4.79 Å². The number of hydrogen-bond donors (Lipinski definition) is 1. The number of nitrogens with one attached hydrogen (secondary N) is 1. The van der Waals surface area contributed by atoms with Gasteiger partial charge in [-0.05, 0) is 24.2 Å². The molecule has 4 nitrogen and oxygen atoms in total. The van der Waals surface area contributed by atoms with E-state index in [2.05, 4.69) is 33.0 Å². The predicted molar refractivity (Wildman–Crippen MR) is 78.2 cm³/mol. The van der Waals surface area contributed by atoms with E-state index in [1.165, 1.54) is 0 Å². The number of nitrogens with zero attached hydrogens (tertiary/aromatic N) is 1. The molecule has 1 heterocycles. The number of carbonyl (C=O) groups is 1. The number of rotatable bonds is 6. The van der Waals surface area contributed by atoms with Gasteiger partial charge in [0.05, 0.1) is 6.61 Å². The predicted octanol–water partition coefficient (Wildman–Crippen LogP) is 2.74. The summed E-state index contributed by atoms with van der Waals surface area (Å²) >= 11 is 0. The Morgan fingerprint density at radius 1 is 1.47 bits per heavy atom. The lowest BCUT2D eigenvalue weighted by Crippen LogP contribution is -2.43. The fourth-order valence-corrected chi connectivity index (χ4v) is 2.82. The molecule has 1 aliphatic heterocycles. The summed E-state index contributed by atoms with van der Waals surface area (Å²) in [4.78, 5) is 13.8. The summed E-state index contributed by atoms with van der Waals surface area (Å²) in [5.74, 6) is 1.15. The van der Waals surface area contributed by atoms with Crippen LogP contribution in [0.5, 0.6) is 0 Å². The summed E-state index contributed by atoms with van der Waals surface area (Å²) in [7, 11) is 1.86. The van der Waals surface area contributed by atoms with Crippen LogP contribution in [0, 0.1) is 17.3 Å². The van der Waals surface area contributed by atoms with Gasteiger partial charge in [0.15, 0.2) is 0 Å². The zero-order valence-corrected chi connectivity index (χ0v) is 13.2. The average molecular weight is 270 g/mol. The molecule has 0 spiro atoms. The minimum Gasteiger partial charge on any atom is -0.381 e. The second-order valence-corrected chi connectivity index (χ2v) is 7.03. The van der Waals surface area contributed by atoms with Crippen molar-refractivity contribution in [3.05, 3.63) is 0 Å². The van der Waals surface area contributed by atoms with Crippen molar-refractivity contribution in [2.45, 2.75) is 40.5 Å². The second kappa shape index (κ2) is 7.13. The zero-order chi connectivity index (χ0) is 14.5. The van der Waals surface area contributed by atoms with Gasteiger partial charge in [-0.2, -0.15) is 0 Å². The SMILES string of the molecule is CC(C)CC(C)(C)CNC(=O)N(C)C[C@@H]1CCOC1. The van der Waals surface area contributed by atoms with Gasteiger partial charge in [-0.15, -0.1) is 0 Å². The van der Waals surface area contributed by atoms with E-state index < -0.39 is 0 Å². The molecule has 1 atom stereocenters. The summed E-state index contributed by atoms with van der Waals surface area (Å²) < 4.78 is 5.34. The number of ether oxygens (including phenoxy) is 1. The molecule has 0 aromatic heterocycles. The lowest BCUT2D eigenvalue weighted by atomic mass is 9.84. The Morgan fingerprint density at radius 2 is 2.16 bits per heavy atom. The topological polar surface area (TPSA) is 41.6 Å². The lowest BCUT2D eigenvalue weighted by Gasteiger charge is -2.29. The standard InChI is InChI=1S/C15H30N2O2/c1-12(2)8-15(3,4)11-16-14(18)17(5)9-13-6-7-19-10-13/h12-13H,6-11H2,1-5H3,(H,16,18)/t13-/m0/s1. The molecule has 1 fully saturated rings. The molecular formula is C15H30N2O2. The Hall–Kier alpha value is -0.770. The maximum absolute atomic E-state index is 12.0. The molecule has 0 aromatic carbocycles. The molecule has 0 aromatic rings. The summed E-state index contributed by atoms with van der Waals surface area (Å²) in [6.45, 7) is 12.0. The van der Waals surface area contributed by atoms with E-state index >= 15 is 0 Å². The van der Waals surface area contributed by atoms with E-state index in [0.717, 1.165) is 39.1 Å². The van der Waals surface area contributed by atoms with Crippen molar-refractivity contribution in [3.8, 4) is 0 Å². The smallest absolute Gasteiger partial charge is 0.317 e. The third-order valence-corrected chi connectivity index (χ3v) is 3.58. The molecule has 1 aliphatic rings. The van der Waals surface area contributed by atoms with Crippen LogP contribution in [-0.4, -0.2) is 44.3 Å². The fourth-order valence-electron chi connectivity index (χ4n) is 2.82. The molecule has 2 amide bonds. The summed E-state index contributed by atoms with van der Waals surface area (Å²) in [6.07, 6.45) is 2.18. The highest BCUT2D eigenvalue weighted by molar-refractivity contribution is 5.73. The first-order chi connectivity index (χ1) is 8.80. The van der Waals surface area contributed by atoms with Gasteiger partial charge in [0.1, 0.15) is 0 Å². The van der Waals surface area contributed by atoms with Crippen molar-refractivity contribution in [2.75, 3.05) is 33.4 Å². The van der Waals surface area contributed by atoms with Gasteiger partial charge in [0.2, 0.25) is 0 Å². The van der Waals surface area contributed by atoms with Crippen LogP contribution >= 0.6 is 0 Å². The first kappa shape index (κ1) is 16.3. The summed E-state index contributed by atoms with van der Waals surface area (Å²) in [5, 5.41) is 3.05. The van der Waals surface area contributed by atoms with E-state index in [1.807, 2.05) is 7.05 Å². The van der Waals surface area contributed by atoms with E-state index in [9.17, 15) is 4.79 Å². The molecule has 0 bridgehead atoms. The van der Waals surface area contributed by atoms with Crippen LogP contribution in [0.25, 0.3) is 0 Å². The van der Waals surface area contributed by atoms with E-state index in [4.69, 9.17) is 4.74 Å². The molecule has 0 radical (unpaired) electrons. The monoisotopic (exact) mass is 270 g/mol. The maximum Gasteiger partial charge on any atom is 0.317 e. The molecule has 112 valence electrons. The van der Waals surface area contributed by atoms with E-state index in [1.54, 1.807) is 4.90 Å². The van der Waals surface area contributed by atoms with Gasteiger partial charge in [0, 0.05) is 32.7 Å². The molecular weight excluding hydrogens is 240 g/mol. The van der Waals surface area contributed by atoms with Crippen LogP contribution in [0.1, 0.15) is 40.5 Å². The highest BCUT2D eigenvalue weighted by Crippen LogP contribution is 2.24. The molecule has 0 aliphatic carbocycles. The summed E-state index contributed by atoms with van der Waals surface area (Å²) in [6, 6.07) is 0.0312. The normalized spacial score (nSPS) is 19.8. The Kier molecular flexibility index (Phi) is 6.11. The third-order valence-electron chi connectivity index (χ3n) is 3.58.